The van der Waals surface area contributed by atoms with Crippen LogP contribution >= 0.6 is 11.8 Å². The van der Waals surface area contributed by atoms with Gasteiger partial charge in [0.2, 0.25) is 0 Å². The molecule has 0 amide bonds. The first-order valence-corrected chi connectivity index (χ1v) is 5.34. The lowest BCUT2D eigenvalue weighted by Gasteiger charge is -2.35. The monoisotopic (exact) mass is 202 g/mol. The predicted molar refractivity (Wildman–Crippen MR) is 51.9 cm³/mol. The Labute approximate surface area is 81.9 Å². The zero-order valence-electron chi connectivity index (χ0n) is 7.87. The van der Waals surface area contributed by atoms with Crippen LogP contribution in [-0.2, 0) is 9.59 Å². The van der Waals surface area contributed by atoms with Crippen LogP contribution in [0.2, 0.25) is 0 Å². The Balaban J connectivity index is 2.50. The zero-order valence-corrected chi connectivity index (χ0v) is 8.69. The molecule has 4 heteroatoms. The first-order chi connectivity index (χ1) is 5.96. The van der Waals surface area contributed by atoms with E-state index in [1.807, 2.05) is 13.8 Å². The van der Waals surface area contributed by atoms with E-state index in [1.54, 1.807) is 0 Å². The van der Waals surface area contributed by atoms with Crippen molar-refractivity contribution in [3.8, 4) is 0 Å². The first kappa shape index (κ1) is 10.6. The average molecular weight is 202 g/mol. The van der Waals surface area contributed by atoms with Crippen LogP contribution in [0.25, 0.3) is 0 Å². The largest absolute Gasteiger partial charge is 0.480 e. The maximum atomic E-state index is 10.9. The van der Waals surface area contributed by atoms with Crippen molar-refractivity contribution in [2.45, 2.75) is 31.4 Å². The minimum Gasteiger partial charge on any atom is -0.480 e. The summed E-state index contributed by atoms with van der Waals surface area (Å²) in [6.45, 7) is 4.09. The van der Waals surface area contributed by atoms with E-state index in [9.17, 15) is 9.59 Å². The van der Waals surface area contributed by atoms with Gasteiger partial charge in [-0.1, -0.05) is 13.8 Å². The number of carbonyl (C=O) groups is 2. The number of Topliss-reactive ketones (excluding diaryl/α,β-unsaturated/α-hetero) is 1. The molecule has 0 aliphatic heterocycles. The normalized spacial score (nSPS) is 20.1. The average Bonchev–Trinajstić information content (AvgIpc) is 1.94. The number of aliphatic carboxylic acids is 1. The van der Waals surface area contributed by atoms with Gasteiger partial charge in [0.1, 0.15) is 10.5 Å². The molecule has 1 rings (SSSR count). The first-order valence-electron chi connectivity index (χ1n) is 4.35. The fourth-order valence-electron chi connectivity index (χ4n) is 1.23. The van der Waals surface area contributed by atoms with E-state index in [4.69, 9.17) is 5.11 Å². The Kier molecular flexibility index (Phi) is 3.01. The Morgan fingerprint density at radius 2 is 2.15 bits per heavy atom. The number of carboxylic acid groups (broad SMARTS) is 1. The lowest BCUT2D eigenvalue weighted by atomic mass is 9.83. The van der Waals surface area contributed by atoms with Crippen molar-refractivity contribution in [2.75, 3.05) is 5.75 Å². The summed E-state index contributed by atoms with van der Waals surface area (Å²) >= 11 is 1.41. The van der Waals surface area contributed by atoms with Gasteiger partial charge >= 0.3 is 5.97 Å². The molecule has 0 radical (unpaired) electrons. The van der Waals surface area contributed by atoms with Crippen molar-refractivity contribution < 1.29 is 14.7 Å². The van der Waals surface area contributed by atoms with Gasteiger partial charge in [-0.3, -0.25) is 9.59 Å². The minimum atomic E-state index is -0.835. The van der Waals surface area contributed by atoms with Crippen LogP contribution in [0.1, 0.15) is 26.7 Å². The standard InChI is InChI=1S/C9H14O3S/c1-6(2)5-13-9(8(11)12)3-7(10)4-9/h6H,3-5H2,1-2H3,(H,11,12). The fraction of sp³-hybridized carbons (Fsp3) is 0.778. The Morgan fingerprint density at radius 3 is 2.46 bits per heavy atom. The molecule has 1 N–H and O–H groups in total. The van der Waals surface area contributed by atoms with E-state index in [1.165, 1.54) is 11.8 Å². The van der Waals surface area contributed by atoms with Crippen molar-refractivity contribution in [1.82, 2.24) is 0 Å². The third kappa shape index (κ3) is 2.24. The molecule has 1 saturated carbocycles. The molecular formula is C9H14O3S. The number of thioether (sulfide) groups is 1. The second-order valence-corrected chi connectivity index (χ2v) is 5.30. The number of carbonyl (C=O) groups excluding carboxylic acids is 1. The van der Waals surface area contributed by atoms with E-state index >= 15 is 0 Å². The summed E-state index contributed by atoms with van der Waals surface area (Å²) in [6, 6.07) is 0. The van der Waals surface area contributed by atoms with Crippen molar-refractivity contribution in [3.63, 3.8) is 0 Å². The molecule has 0 spiro atoms. The number of rotatable bonds is 4. The Bertz CT molecular complexity index is 227. The molecule has 74 valence electrons. The molecule has 1 aliphatic carbocycles. The SMILES string of the molecule is CC(C)CSC1(C(=O)O)CC(=O)C1. The van der Waals surface area contributed by atoms with Gasteiger partial charge in [0.15, 0.2) is 0 Å². The molecule has 0 unspecified atom stereocenters. The molecule has 3 nitrogen and oxygen atoms in total. The van der Waals surface area contributed by atoms with Gasteiger partial charge in [-0.15, -0.1) is 11.8 Å². The summed E-state index contributed by atoms with van der Waals surface area (Å²) in [5, 5.41) is 8.94. The summed E-state index contributed by atoms with van der Waals surface area (Å²) in [5.41, 5.74) is 0. The third-order valence-corrected chi connectivity index (χ3v) is 3.90. The summed E-state index contributed by atoms with van der Waals surface area (Å²) in [6.07, 6.45) is 0.416. The van der Waals surface area contributed by atoms with E-state index < -0.39 is 10.7 Å². The highest BCUT2D eigenvalue weighted by atomic mass is 32.2. The summed E-state index contributed by atoms with van der Waals surface area (Å²) in [7, 11) is 0. The molecule has 13 heavy (non-hydrogen) atoms. The molecule has 0 aromatic rings. The maximum absolute atomic E-state index is 10.9. The number of hydrogen-bond donors (Lipinski definition) is 1. The second kappa shape index (κ2) is 3.70. The minimum absolute atomic E-state index is 0.0682. The molecule has 0 atom stereocenters. The van der Waals surface area contributed by atoms with Crippen LogP contribution in [0.4, 0.5) is 0 Å². The number of hydrogen-bond acceptors (Lipinski definition) is 3. The van der Waals surface area contributed by atoms with E-state index in [0.29, 0.717) is 5.92 Å². The molecule has 1 aliphatic rings. The van der Waals surface area contributed by atoms with Gasteiger partial charge in [0.05, 0.1) is 0 Å². The lowest BCUT2D eigenvalue weighted by Crippen LogP contribution is -2.48. The van der Waals surface area contributed by atoms with E-state index in [2.05, 4.69) is 0 Å². The maximum Gasteiger partial charge on any atom is 0.320 e. The molecule has 0 bridgehead atoms. The molecule has 0 aromatic heterocycles. The van der Waals surface area contributed by atoms with E-state index in [-0.39, 0.29) is 18.6 Å². The van der Waals surface area contributed by atoms with Crippen LogP contribution in [-0.4, -0.2) is 27.4 Å². The van der Waals surface area contributed by atoms with Crippen molar-refractivity contribution in [1.29, 1.82) is 0 Å². The van der Waals surface area contributed by atoms with Crippen molar-refractivity contribution >= 4 is 23.5 Å². The third-order valence-electron chi connectivity index (χ3n) is 2.05. The van der Waals surface area contributed by atoms with Gasteiger partial charge in [0, 0.05) is 12.8 Å². The molecule has 0 heterocycles. The van der Waals surface area contributed by atoms with Crippen molar-refractivity contribution in [3.05, 3.63) is 0 Å². The Hall–Kier alpha value is -0.510. The summed E-state index contributed by atoms with van der Waals surface area (Å²) < 4.78 is -0.790. The van der Waals surface area contributed by atoms with E-state index in [0.717, 1.165) is 5.75 Å². The Morgan fingerprint density at radius 1 is 1.62 bits per heavy atom. The predicted octanol–water partition coefficient (Wildman–Crippen LogP) is 1.56. The van der Waals surface area contributed by atoms with Gasteiger partial charge in [0.25, 0.3) is 0 Å². The number of ketones is 1. The lowest BCUT2D eigenvalue weighted by molar-refractivity contribution is -0.147. The van der Waals surface area contributed by atoms with Crippen LogP contribution in [0, 0.1) is 5.92 Å². The summed E-state index contributed by atoms with van der Waals surface area (Å²) in [5.74, 6) is 0.507. The zero-order chi connectivity index (χ0) is 10.1. The van der Waals surface area contributed by atoms with Crippen molar-refractivity contribution in [2.24, 2.45) is 5.92 Å². The molecular weight excluding hydrogens is 188 g/mol. The molecule has 0 saturated heterocycles. The van der Waals surface area contributed by atoms with Gasteiger partial charge in [-0.25, -0.2) is 0 Å². The van der Waals surface area contributed by atoms with Gasteiger partial charge < -0.3 is 5.11 Å². The quantitative estimate of drug-likeness (QED) is 0.751. The highest BCUT2D eigenvalue weighted by molar-refractivity contribution is 8.01. The smallest absolute Gasteiger partial charge is 0.320 e. The molecule has 1 fully saturated rings. The van der Waals surface area contributed by atoms with Crippen LogP contribution in [0.3, 0.4) is 0 Å². The van der Waals surface area contributed by atoms with Crippen LogP contribution < -0.4 is 0 Å². The molecule has 0 aromatic carbocycles. The number of carboxylic acids is 1. The second-order valence-electron chi connectivity index (χ2n) is 3.90. The summed E-state index contributed by atoms with van der Waals surface area (Å²) in [4.78, 5) is 21.7. The fourth-order valence-corrected chi connectivity index (χ4v) is 2.53. The highest BCUT2D eigenvalue weighted by Crippen LogP contribution is 2.42. The van der Waals surface area contributed by atoms with Crippen LogP contribution in [0.15, 0.2) is 0 Å². The topological polar surface area (TPSA) is 54.4 Å². The highest BCUT2D eigenvalue weighted by Gasteiger charge is 2.50. The van der Waals surface area contributed by atoms with Gasteiger partial charge in [-0.05, 0) is 11.7 Å². The van der Waals surface area contributed by atoms with Gasteiger partial charge in [-0.2, -0.15) is 0 Å². The van der Waals surface area contributed by atoms with Crippen LogP contribution in [0.5, 0.6) is 0 Å².